The maximum atomic E-state index is 12.9. The molecule has 0 aliphatic carbocycles. The van der Waals surface area contributed by atoms with Crippen molar-refractivity contribution >= 4 is 26.9 Å². The molecule has 2 atom stereocenters. The van der Waals surface area contributed by atoms with Gasteiger partial charge in [0.25, 0.3) is 0 Å². The van der Waals surface area contributed by atoms with E-state index in [4.69, 9.17) is 5.11 Å². The van der Waals surface area contributed by atoms with Crippen molar-refractivity contribution in [2.75, 3.05) is 13.1 Å². The Labute approximate surface area is 143 Å². The third kappa shape index (κ3) is 3.17. The predicted octanol–water partition coefficient (Wildman–Crippen LogP) is 0.293. The molecule has 0 bridgehead atoms. The number of aliphatic hydroxyl groups is 1. The molecule has 1 aliphatic rings. The second-order valence-electron chi connectivity index (χ2n) is 6.19. The van der Waals surface area contributed by atoms with E-state index in [0.717, 1.165) is 4.31 Å². The van der Waals surface area contributed by atoms with Crippen LogP contribution in [0.25, 0.3) is 10.9 Å². The van der Waals surface area contributed by atoms with Crippen LogP contribution < -0.4 is 5.56 Å². The van der Waals surface area contributed by atoms with Crippen LogP contribution in [0.1, 0.15) is 12.0 Å². The first-order chi connectivity index (χ1) is 11.7. The lowest BCUT2D eigenvalue weighted by atomic mass is 9.96. The lowest BCUT2D eigenvalue weighted by molar-refractivity contribution is -0.147. The van der Waals surface area contributed by atoms with Crippen molar-refractivity contribution in [2.24, 2.45) is 5.92 Å². The first-order valence-electron chi connectivity index (χ1n) is 7.75. The summed E-state index contributed by atoms with van der Waals surface area (Å²) >= 11 is 0. The zero-order valence-corrected chi connectivity index (χ0v) is 14.3. The van der Waals surface area contributed by atoms with Crippen LogP contribution in [0, 0.1) is 12.8 Å². The van der Waals surface area contributed by atoms with Crippen LogP contribution >= 0.6 is 0 Å². The van der Waals surface area contributed by atoms with Gasteiger partial charge in [0.05, 0.1) is 16.9 Å². The number of aromatic nitrogens is 1. The van der Waals surface area contributed by atoms with Gasteiger partial charge in [-0.05, 0) is 37.1 Å². The number of benzene rings is 1. The summed E-state index contributed by atoms with van der Waals surface area (Å²) in [6.45, 7) is 1.49. The normalized spacial score (nSPS) is 22.2. The number of rotatable bonds is 3. The van der Waals surface area contributed by atoms with E-state index in [1.165, 1.54) is 24.3 Å². The Morgan fingerprint density at radius 1 is 1.32 bits per heavy atom. The Morgan fingerprint density at radius 3 is 2.72 bits per heavy atom. The lowest BCUT2D eigenvalue weighted by Crippen LogP contribution is -2.48. The molecular weight excluding hydrogens is 348 g/mol. The van der Waals surface area contributed by atoms with E-state index in [0.29, 0.717) is 16.5 Å². The van der Waals surface area contributed by atoms with Crippen LogP contribution in [-0.2, 0) is 14.8 Å². The fourth-order valence-electron chi connectivity index (χ4n) is 3.08. The number of fused-ring (bicyclic) bond motifs is 1. The van der Waals surface area contributed by atoms with Crippen LogP contribution in [0.4, 0.5) is 0 Å². The van der Waals surface area contributed by atoms with E-state index in [1.54, 1.807) is 6.92 Å². The summed E-state index contributed by atoms with van der Waals surface area (Å²) in [5.74, 6) is -2.37. The summed E-state index contributed by atoms with van der Waals surface area (Å²) in [5, 5.41) is 19.5. The fourth-order valence-corrected chi connectivity index (χ4v) is 4.59. The Kier molecular flexibility index (Phi) is 4.40. The number of aryl methyl sites for hydroxylation is 1. The summed E-state index contributed by atoms with van der Waals surface area (Å²) in [6, 6.07) is 5.76. The van der Waals surface area contributed by atoms with Crippen molar-refractivity contribution in [1.29, 1.82) is 0 Å². The van der Waals surface area contributed by atoms with Crippen molar-refractivity contribution in [3.63, 3.8) is 0 Å². The molecule has 0 saturated carbocycles. The maximum Gasteiger partial charge on any atom is 0.310 e. The van der Waals surface area contributed by atoms with Crippen LogP contribution in [0.5, 0.6) is 0 Å². The van der Waals surface area contributed by atoms with Gasteiger partial charge in [-0.3, -0.25) is 9.59 Å². The molecule has 2 aromatic rings. The number of nitrogens with one attached hydrogen (secondary N) is 1. The van der Waals surface area contributed by atoms with Gasteiger partial charge in [-0.15, -0.1) is 0 Å². The molecule has 1 saturated heterocycles. The number of aliphatic carboxylic acids is 1. The molecule has 1 aromatic heterocycles. The minimum absolute atomic E-state index is 0.0238. The molecule has 25 heavy (non-hydrogen) atoms. The molecular formula is C16H18N2O6S. The Hall–Kier alpha value is -2.23. The third-order valence-corrected chi connectivity index (χ3v) is 6.38. The maximum absolute atomic E-state index is 12.9. The summed E-state index contributed by atoms with van der Waals surface area (Å²) in [7, 11) is -3.90. The van der Waals surface area contributed by atoms with Gasteiger partial charge in [0.2, 0.25) is 15.6 Å². The number of carboxylic acid groups (broad SMARTS) is 1. The van der Waals surface area contributed by atoms with Gasteiger partial charge < -0.3 is 15.2 Å². The molecule has 8 nitrogen and oxygen atoms in total. The van der Waals surface area contributed by atoms with Crippen molar-refractivity contribution in [1.82, 2.24) is 9.29 Å². The number of H-pyrrole nitrogens is 1. The van der Waals surface area contributed by atoms with Crippen molar-refractivity contribution in [3.05, 3.63) is 40.2 Å². The fraction of sp³-hybridized carbons (Fsp3) is 0.375. The molecule has 2 heterocycles. The zero-order valence-electron chi connectivity index (χ0n) is 13.5. The van der Waals surface area contributed by atoms with Crippen molar-refractivity contribution < 1.29 is 23.4 Å². The van der Waals surface area contributed by atoms with E-state index < -0.39 is 28.0 Å². The van der Waals surface area contributed by atoms with Gasteiger partial charge in [-0.1, -0.05) is 0 Å². The number of carbonyl (C=O) groups is 1. The molecule has 3 rings (SSSR count). The van der Waals surface area contributed by atoms with Gasteiger partial charge in [-0.2, -0.15) is 4.31 Å². The van der Waals surface area contributed by atoms with Gasteiger partial charge in [0, 0.05) is 30.1 Å². The summed E-state index contributed by atoms with van der Waals surface area (Å²) in [6.07, 6.45) is -0.997. The molecule has 1 aromatic carbocycles. The van der Waals surface area contributed by atoms with E-state index >= 15 is 0 Å². The van der Waals surface area contributed by atoms with E-state index in [9.17, 15) is 23.1 Å². The minimum atomic E-state index is -3.90. The predicted molar refractivity (Wildman–Crippen MR) is 89.8 cm³/mol. The highest BCUT2D eigenvalue weighted by atomic mass is 32.2. The van der Waals surface area contributed by atoms with Gasteiger partial charge >= 0.3 is 5.97 Å². The summed E-state index contributed by atoms with van der Waals surface area (Å²) < 4.78 is 26.8. The second-order valence-corrected chi connectivity index (χ2v) is 8.13. The average molecular weight is 366 g/mol. The number of aromatic amines is 1. The average Bonchev–Trinajstić information content (AvgIpc) is 2.54. The Bertz CT molecular complexity index is 997. The topological polar surface area (TPSA) is 128 Å². The highest BCUT2D eigenvalue weighted by Gasteiger charge is 2.38. The number of carboxylic acids is 1. The number of piperidine rings is 1. The largest absolute Gasteiger partial charge is 0.481 e. The highest BCUT2D eigenvalue weighted by molar-refractivity contribution is 7.89. The monoisotopic (exact) mass is 366 g/mol. The summed E-state index contributed by atoms with van der Waals surface area (Å²) in [4.78, 5) is 25.4. The molecule has 1 aliphatic heterocycles. The number of pyridine rings is 1. The molecule has 0 unspecified atom stereocenters. The molecule has 0 amide bonds. The van der Waals surface area contributed by atoms with Crippen LogP contribution in [0.15, 0.2) is 34.0 Å². The van der Waals surface area contributed by atoms with Crippen LogP contribution in [-0.4, -0.2) is 53.1 Å². The van der Waals surface area contributed by atoms with Gasteiger partial charge in [0.1, 0.15) is 0 Å². The van der Waals surface area contributed by atoms with Crippen LogP contribution in [0.2, 0.25) is 0 Å². The highest BCUT2D eigenvalue weighted by Crippen LogP contribution is 2.26. The lowest BCUT2D eigenvalue weighted by Gasteiger charge is -2.33. The SMILES string of the molecule is Cc1cc(=O)[nH]c2ccc(S(=O)(=O)N3CC[C@H](O)[C@H](C(=O)O)C3)cc12. The van der Waals surface area contributed by atoms with E-state index in [-0.39, 0.29) is 30.0 Å². The smallest absolute Gasteiger partial charge is 0.310 e. The number of hydrogen-bond donors (Lipinski definition) is 3. The Morgan fingerprint density at radius 2 is 2.04 bits per heavy atom. The molecule has 0 radical (unpaired) electrons. The van der Waals surface area contributed by atoms with Crippen molar-refractivity contribution in [2.45, 2.75) is 24.3 Å². The zero-order chi connectivity index (χ0) is 18.4. The number of nitrogens with zero attached hydrogens (tertiary/aromatic N) is 1. The van der Waals surface area contributed by atoms with E-state index in [2.05, 4.69) is 4.98 Å². The molecule has 0 spiro atoms. The minimum Gasteiger partial charge on any atom is -0.481 e. The Balaban J connectivity index is 2.01. The third-order valence-electron chi connectivity index (χ3n) is 4.52. The van der Waals surface area contributed by atoms with Gasteiger partial charge in [-0.25, -0.2) is 8.42 Å². The second kappa shape index (κ2) is 6.25. The molecule has 9 heteroatoms. The molecule has 1 fully saturated rings. The quantitative estimate of drug-likeness (QED) is 0.716. The van der Waals surface area contributed by atoms with Crippen molar-refractivity contribution in [3.8, 4) is 0 Å². The molecule has 3 N–H and O–H groups in total. The number of aliphatic hydroxyl groups excluding tert-OH is 1. The summed E-state index contributed by atoms with van der Waals surface area (Å²) in [5.41, 5.74) is 0.907. The van der Waals surface area contributed by atoms with Crippen LogP contribution in [0.3, 0.4) is 0 Å². The van der Waals surface area contributed by atoms with E-state index in [1.807, 2.05) is 0 Å². The van der Waals surface area contributed by atoms with Gasteiger partial charge in [0.15, 0.2) is 0 Å². The first-order valence-corrected chi connectivity index (χ1v) is 9.19. The number of sulfonamides is 1. The molecule has 134 valence electrons. The first kappa shape index (κ1) is 17.6. The standard InChI is InChI=1S/C16H18N2O6S/c1-9-6-15(20)17-13-3-2-10(7-11(9)13)25(23,24)18-5-4-14(19)12(8-18)16(21)22/h2-3,6-7,12,14,19H,4-5,8H2,1H3,(H,17,20)(H,21,22)/t12-,14+/m1/s1. The number of hydrogen-bond acceptors (Lipinski definition) is 5.